The molecule has 0 bridgehead atoms. The van der Waals surface area contributed by atoms with Gasteiger partial charge in [0.1, 0.15) is 0 Å². The largest absolute Gasteiger partial charge is 0.379 e. The Labute approximate surface area is 93.7 Å². The zero-order valence-electron chi connectivity index (χ0n) is 9.51. The van der Waals surface area contributed by atoms with Gasteiger partial charge in [0.05, 0.1) is 0 Å². The number of nitrogens with zero attached hydrogens (tertiary/aromatic N) is 3. The Bertz CT molecular complexity index is 384. The number of nitrogen functional groups attached to an aromatic ring is 1. The topological polar surface area (TPSA) is 85.2 Å². The molecule has 1 aliphatic carbocycles. The van der Waals surface area contributed by atoms with Crippen LogP contribution in [0.15, 0.2) is 4.63 Å². The van der Waals surface area contributed by atoms with Crippen molar-refractivity contribution in [2.45, 2.75) is 32.7 Å². The summed E-state index contributed by atoms with van der Waals surface area (Å²) in [6.07, 6.45) is 2.39. The molecule has 1 fully saturated rings. The van der Waals surface area contributed by atoms with Gasteiger partial charge >= 0.3 is 0 Å². The summed E-state index contributed by atoms with van der Waals surface area (Å²) < 4.78 is 4.44. The molecule has 6 nitrogen and oxygen atoms in total. The van der Waals surface area contributed by atoms with Crippen LogP contribution >= 0.6 is 0 Å². The van der Waals surface area contributed by atoms with E-state index in [9.17, 15) is 4.79 Å². The van der Waals surface area contributed by atoms with Crippen molar-refractivity contribution in [2.24, 2.45) is 5.92 Å². The van der Waals surface area contributed by atoms with E-state index in [2.05, 4.69) is 14.9 Å². The first kappa shape index (κ1) is 10.9. The summed E-state index contributed by atoms with van der Waals surface area (Å²) in [5.41, 5.74) is 5.63. The van der Waals surface area contributed by atoms with Gasteiger partial charge in [-0.05, 0) is 42.9 Å². The van der Waals surface area contributed by atoms with Gasteiger partial charge < -0.3 is 10.6 Å². The molecule has 1 heterocycles. The van der Waals surface area contributed by atoms with Gasteiger partial charge in [-0.2, -0.15) is 0 Å². The second-order valence-electron chi connectivity index (χ2n) is 4.49. The monoisotopic (exact) mass is 224 g/mol. The Hall–Kier alpha value is -1.59. The lowest BCUT2D eigenvalue weighted by atomic mass is 10.2. The molecule has 1 aliphatic rings. The Morgan fingerprint density at radius 2 is 2.25 bits per heavy atom. The quantitative estimate of drug-likeness (QED) is 0.821. The summed E-state index contributed by atoms with van der Waals surface area (Å²) in [5.74, 6) is 0.500. The van der Waals surface area contributed by atoms with E-state index in [0.717, 1.165) is 6.54 Å². The van der Waals surface area contributed by atoms with E-state index < -0.39 is 0 Å². The lowest BCUT2D eigenvalue weighted by molar-refractivity contribution is 0.0685. The van der Waals surface area contributed by atoms with E-state index in [-0.39, 0.29) is 23.5 Å². The third-order valence-corrected chi connectivity index (χ3v) is 2.75. The van der Waals surface area contributed by atoms with Crippen LogP contribution in [-0.2, 0) is 0 Å². The van der Waals surface area contributed by atoms with Gasteiger partial charge in [0.25, 0.3) is 5.91 Å². The highest BCUT2D eigenvalue weighted by molar-refractivity contribution is 5.96. The van der Waals surface area contributed by atoms with E-state index >= 15 is 0 Å². The second kappa shape index (κ2) is 4.11. The Morgan fingerprint density at radius 1 is 1.56 bits per heavy atom. The minimum atomic E-state index is -0.194. The van der Waals surface area contributed by atoms with Gasteiger partial charge in [0.2, 0.25) is 11.5 Å². The third-order valence-electron chi connectivity index (χ3n) is 2.75. The van der Waals surface area contributed by atoms with Crippen molar-refractivity contribution in [3.05, 3.63) is 5.69 Å². The maximum atomic E-state index is 12.1. The number of nitrogens with two attached hydrogens (primary N) is 1. The van der Waals surface area contributed by atoms with Gasteiger partial charge in [-0.25, -0.2) is 4.63 Å². The molecule has 0 unspecified atom stereocenters. The van der Waals surface area contributed by atoms with Crippen LogP contribution in [0.2, 0.25) is 0 Å². The fraction of sp³-hybridized carbons (Fsp3) is 0.700. The highest BCUT2D eigenvalue weighted by Crippen LogP contribution is 2.30. The first-order valence-corrected chi connectivity index (χ1v) is 5.48. The van der Waals surface area contributed by atoms with Crippen molar-refractivity contribution in [3.8, 4) is 0 Å². The van der Waals surface area contributed by atoms with Crippen molar-refractivity contribution in [1.82, 2.24) is 15.2 Å². The minimum Gasteiger partial charge on any atom is -0.379 e. The van der Waals surface area contributed by atoms with Crippen LogP contribution in [0.4, 0.5) is 5.82 Å². The van der Waals surface area contributed by atoms with Crippen LogP contribution in [0, 0.1) is 5.92 Å². The predicted molar refractivity (Wildman–Crippen MR) is 57.6 cm³/mol. The molecule has 0 spiro atoms. The number of hydrogen-bond acceptors (Lipinski definition) is 5. The summed E-state index contributed by atoms with van der Waals surface area (Å²) in [6, 6.07) is 0.129. The van der Waals surface area contributed by atoms with Crippen LogP contribution in [0.25, 0.3) is 0 Å². The first-order valence-electron chi connectivity index (χ1n) is 5.48. The van der Waals surface area contributed by atoms with Gasteiger partial charge in [-0.1, -0.05) is 0 Å². The maximum absolute atomic E-state index is 12.1. The molecule has 0 aliphatic heterocycles. The highest BCUT2D eigenvalue weighted by atomic mass is 16.6. The standard InChI is InChI=1S/C10H16N4O2/c1-6(2)14(5-7-3-4-7)10(15)8-9(11)13-16-12-8/h6-7H,3-5H2,1-2H3,(H2,11,13). The average molecular weight is 224 g/mol. The van der Waals surface area contributed by atoms with Crippen molar-refractivity contribution >= 4 is 11.7 Å². The normalized spacial score (nSPS) is 15.4. The Kier molecular flexibility index (Phi) is 2.80. The number of hydrogen-bond donors (Lipinski definition) is 1. The molecule has 6 heteroatoms. The molecule has 1 saturated carbocycles. The summed E-state index contributed by atoms with van der Waals surface area (Å²) in [7, 11) is 0. The fourth-order valence-electron chi connectivity index (χ4n) is 1.59. The molecular formula is C10H16N4O2. The van der Waals surface area contributed by atoms with Crippen LogP contribution < -0.4 is 5.73 Å². The Morgan fingerprint density at radius 3 is 2.69 bits per heavy atom. The van der Waals surface area contributed by atoms with Gasteiger partial charge in [0, 0.05) is 12.6 Å². The number of amides is 1. The second-order valence-corrected chi connectivity index (χ2v) is 4.49. The Balaban J connectivity index is 2.13. The van der Waals surface area contributed by atoms with Crippen LogP contribution in [0.3, 0.4) is 0 Å². The smallest absolute Gasteiger partial charge is 0.280 e. The SMILES string of the molecule is CC(C)N(CC1CC1)C(=O)c1nonc1N. The van der Waals surface area contributed by atoms with E-state index in [1.54, 1.807) is 4.90 Å². The molecule has 16 heavy (non-hydrogen) atoms. The van der Waals surface area contributed by atoms with Crippen LogP contribution in [-0.4, -0.2) is 33.7 Å². The molecule has 1 aromatic rings. The lowest BCUT2D eigenvalue weighted by Crippen LogP contribution is -2.39. The molecule has 88 valence electrons. The molecule has 0 atom stereocenters. The van der Waals surface area contributed by atoms with Crippen molar-refractivity contribution < 1.29 is 9.42 Å². The maximum Gasteiger partial charge on any atom is 0.280 e. The first-order chi connectivity index (χ1) is 7.59. The number of anilines is 1. The summed E-state index contributed by atoms with van der Waals surface area (Å²) in [5, 5.41) is 6.96. The molecular weight excluding hydrogens is 208 g/mol. The molecule has 2 N–H and O–H groups in total. The number of aromatic nitrogens is 2. The van der Waals surface area contributed by atoms with Crippen molar-refractivity contribution in [2.75, 3.05) is 12.3 Å². The predicted octanol–water partition coefficient (Wildman–Crippen LogP) is 0.912. The van der Waals surface area contributed by atoms with Crippen molar-refractivity contribution in [1.29, 1.82) is 0 Å². The highest BCUT2D eigenvalue weighted by Gasteiger charge is 2.31. The van der Waals surface area contributed by atoms with E-state index in [1.807, 2.05) is 13.8 Å². The van der Waals surface area contributed by atoms with Crippen molar-refractivity contribution in [3.63, 3.8) is 0 Å². The van der Waals surface area contributed by atoms with Gasteiger partial charge in [0.15, 0.2) is 0 Å². The average Bonchev–Trinajstić information content (AvgIpc) is 2.95. The third kappa shape index (κ3) is 2.15. The molecule has 1 amide bonds. The fourth-order valence-corrected chi connectivity index (χ4v) is 1.59. The molecule has 1 aromatic heterocycles. The van der Waals surface area contributed by atoms with Crippen LogP contribution in [0.5, 0.6) is 0 Å². The molecule has 0 saturated heterocycles. The summed E-state index contributed by atoms with van der Waals surface area (Å²) in [6.45, 7) is 4.72. The van der Waals surface area contributed by atoms with E-state index in [1.165, 1.54) is 12.8 Å². The van der Waals surface area contributed by atoms with Gasteiger partial charge in [-0.3, -0.25) is 4.79 Å². The lowest BCUT2D eigenvalue weighted by Gasteiger charge is -2.25. The van der Waals surface area contributed by atoms with Crippen LogP contribution in [0.1, 0.15) is 37.2 Å². The molecule has 2 rings (SSSR count). The molecule has 0 aromatic carbocycles. The summed E-state index contributed by atoms with van der Waals surface area (Å²) >= 11 is 0. The zero-order chi connectivity index (χ0) is 11.7. The van der Waals surface area contributed by atoms with Gasteiger partial charge in [-0.15, -0.1) is 0 Å². The number of carbonyl (C=O) groups excluding carboxylic acids is 1. The summed E-state index contributed by atoms with van der Waals surface area (Å²) in [4.78, 5) is 13.9. The number of rotatable bonds is 4. The van der Waals surface area contributed by atoms with E-state index in [4.69, 9.17) is 5.73 Å². The number of carbonyl (C=O) groups is 1. The zero-order valence-corrected chi connectivity index (χ0v) is 9.51. The minimum absolute atomic E-state index is 0.0615. The van der Waals surface area contributed by atoms with E-state index in [0.29, 0.717) is 5.92 Å². The molecule has 0 radical (unpaired) electrons.